The van der Waals surface area contributed by atoms with Crippen LogP contribution in [0.3, 0.4) is 0 Å². The molecule has 6 heteroatoms. The van der Waals surface area contributed by atoms with Gasteiger partial charge in [-0.2, -0.15) is 0 Å². The van der Waals surface area contributed by atoms with Gasteiger partial charge in [-0.15, -0.1) is 0 Å². The third-order valence-electron chi connectivity index (χ3n) is 3.04. The standard InChI is InChI=1S/C16H18N2O3S/c1-13(12-14-8-4-2-5-9-14)17-16(19)18-22(20,21)15-10-6-3-7-11-15/h2-11,13H,12H2,1H3,(H2,17,18,19). The van der Waals surface area contributed by atoms with E-state index < -0.39 is 16.1 Å². The van der Waals surface area contributed by atoms with Gasteiger partial charge in [0.15, 0.2) is 0 Å². The first kappa shape index (κ1) is 16.0. The quantitative estimate of drug-likeness (QED) is 0.888. The number of benzene rings is 2. The summed E-state index contributed by atoms with van der Waals surface area (Å²) in [5.41, 5.74) is 1.07. The predicted octanol–water partition coefficient (Wildman–Crippen LogP) is 2.31. The number of hydrogen-bond donors (Lipinski definition) is 2. The van der Waals surface area contributed by atoms with E-state index in [2.05, 4.69) is 5.32 Å². The molecular weight excluding hydrogens is 300 g/mol. The van der Waals surface area contributed by atoms with Gasteiger partial charge in [0.2, 0.25) is 0 Å². The van der Waals surface area contributed by atoms with Gasteiger partial charge >= 0.3 is 6.03 Å². The fourth-order valence-electron chi connectivity index (χ4n) is 2.05. The summed E-state index contributed by atoms with van der Waals surface area (Å²) in [6.07, 6.45) is 0.625. The van der Waals surface area contributed by atoms with Crippen LogP contribution >= 0.6 is 0 Å². The van der Waals surface area contributed by atoms with Crippen molar-refractivity contribution in [2.45, 2.75) is 24.3 Å². The summed E-state index contributed by atoms with van der Waals surface area (Å²) in [6, 6.07) is 16.5. The van der Waals surface area contributed by atoms with Crippen molar-refractivity contribution in [2.75, 3.05) is 0 Å². The van der Waals surface area contributed by atoms with E-state index in [1.54, 1.807) is 18.2 Å². The second-order valence-corrected chi connectivity index (χ2v) is 6.67. The van der Waals surface area contributed by atoms with Crippen molar-refractivity contribution < 1.29 is 13.2 Å². The zero-order valence-electron chi connectivity index (χ0n) is 12.2. The van der Waals surface area contributed by atoms with Gasteiger partial charge in [-0.05, 0) is 31.0 Å². The number of rotatable bonds is 5. The first-order valence-corrected chi connectivity index (χ1v) is 8.38. The molecule has 0 aliphatic rings. The van der Waals surface area contributed by atoms with Crippen LogP contribution in [0.15, 0.2) is 65.6 Å². The van der Waals surface area contributed by atoms with Crippen molar-refractivity contribution in [2.24, 2.45) is 0 Å². The molecule has 0 aliphatic heterocycles. The number of carbonyl (C=O) groups is 1. The number of sulfonamides is 1. The van der Waals surface area contributed by atoms with Gasteiger partial charge in [0.1, 0.15) is 0 Å². The molecule has 0 radical (unpaired) electrons. The molecule has 2 aromatic carbocycles. The Balaban J connectivity index is 1.93. The first-order chi connectivity index (χ1) is 10.5. The SMILES string of the molecule is CC(Cc1ccccc1)NC(=O)NS(=O)(=O)c1ccccc1. The van der Waals surface area contributed by atoms with E-state index in [-0.39, 0.29) is 10.9 Å². The van der Waals surface area contributed by atoms with Gasteiger partial charge in [-0.3, -0.25) is 0 Å². The number of hydrogen-bond acceptors (Lipinski definition) is 3. The predicted molar refractivity (Wildman–Crippen MR) is 84.9 cm³/mol. The van der Waals surface area contributed by atoms with Crippen LogP contribution < -0.4 is 10.0 Å². The van der Waals surface area contributed by atoms with Crippen molar-refractivity contribution in [3.8, 4) is 0 Å². The summed E-state index contributed by atoms with van der Waals surface area (Å²) in [7, 11) is -3.84. The van der Waals surface area contributed by atoms with E-state index in [1.807, 2.05) is 42.0 Å². The Bertz CT molecular complexity index is 716. The van der Waals surface area contributed by atoms with Gasteiger partial charge in [-0.1, -0.05) is 48.5 Å². The molecular formula is C16H18N2O3S. The zero-order valence-corrected chi connectivity index (χ0v) is 13.0. The smallest absolute Gasteiger partial charge is 0.328 e. The molecule has 0 saturated heterocycles. The van der Waals surface area contributed by atoms with E-state index in [9.17, 15) is 13.2 Å². The molecule has 0 heterocycles. The van der Waals surface area contributed by atoms with Gasteiger partial charge in [0.05, 0.1) is 4.90 Å². The molecule has 0 spiro atoms. The first-order valence-electron chi connectivity index (χ1n) is 6.89. The molecule has 0 aliphatic carbocycles. The maximum atomic E-state index is 12.0. The lowest BCUT2D eigenvalue weighted by atomic mass is 10.1. The van der Waals surface area contributed by atoms with Crippen LogP contribution in [-0.4, -0.2) is 20.5 Å². The molecule has 0 aromatic heterocycles. The highest BCUT2D eigenvalue weighted by molar-refractivity contribution is 7.90. The van der Waals surface area contributed by atoms with Crippen LogP contribution in [0.4, 0.5) is 4.79 Å². The Kier molecular flexibility index (Phi) is 5.16. The molecule has 0 saturated carbocycles. The average Bonchev–Trinajstić information content (AvgIpc) is 2.48. The van der Waals surface area contributed by atoms with Gasteiger partial charge in [-0.25, -0.2) is 17.9 Å². The van der Waals surface area contributed by atoms with E-state index in [1.165, 1.54) is 12.1 Å². The van der Waals surface area contributed by atoms with Crippen LogP contribution in [0, 0.1) is 0 Å². The fraction of sp³-hybridized carbons (Fsp3) is 0.188. The molecule has 2 amide bonds. The second kappa shape index (κ2) is 7.09. The summed E-state index contributed by atoms with van der Waals surface area (Å²) in [5, 5.41) is 2.63. The van der Waals surface area contributed by atoms with E-state index in [0.717, 1.165) is 5.56 Å². The lowest BCUT2D eigenvalue weighted by Gasteiger charge is -2.15. The lowest BCUT2D eigenvalue weighted by molar-refractivity contribution is 0.243. The summed E-state index contributed by atoms with van der Waals surface area (Å²) < 4.78 is 26.0. The van der Waals surface area contributed by atoms with Crippen LogP contribution in [0.2, 0.25) is 0 Å². The third-order valence-corrected chi connectivity index (χ3v) is 4.39. The topological polar surface area (TPSA) is 75.3 Å². The lowest BCUT2D eigenvalue weighted by Crippen LogP contribution is -2.44. The minimum absolute atomic E-state index is 0.0564. The molecule has 0 bridgehead atoms. The summed E-state index contributed by atoms with van der Waals surface area (Å²) in [5.74, 6) is 0. The van der Waals surface area contributed by atoms with Crippen LogP contribution in [0.1, 0.15) is 12.5 Å². The molecule has 1 atom stereocenters. The van der Waals surface area contributed by atoms with Crippen molar-refractivity contribution >= 4 is 16.1 Å². The monoisotopic (exact) mass is 318 g/mol. The number of nitrogens with one attached hydrogen (secondary N) is 2. The Morgan fingerprint density at radius 3 is 2.14 bits per heavy atom. The van der Waals surface area contributed by atoms with Crippen molar-refractivity contribution in [3.05, 3.63) is 66.2 Å². The third kappa shape index (κ3) is 4.60. The molecule has 116 valence electrons. The van der Waals surface area contributed by atoms with Crippen molar-refractivity contribution in [1.29, 1.82) is 0 Å². The Labute approximate surface area is 130 Å². The Hall–Kier alpha value is -2.34. The van der Waals surface area contributed by atoms with Crippen LogP contribution in [0.25, 0.3) is 0 Å². The van der Waals surface area contributed by atoms with Crippen LogP contribution in [0.5, 0.6) is 0 Å². The van der Waals surface area contributed by atoms with E-state index in [0.29, 0.717) is 6.42 Å². The van der Waals surface area contributed by atoms with E-state index >= 15 is 0 Å². The Morgan fingerprint density at radius 1 is 1.00 bits per heavy atom. The Morgan fingerprint density at radius 2 is 1.55 bits per heavy atom. The minimum Gasteiger partial charge on any atom is -0.335 e. The molecule has 2 N–H and O–H groups in total. The normalized spacial score (nSPS) is 12.4. The molecule has 0 fully saturated rings. The molecule has 2 aromatic rings. The number of amides is 2. The average molecular weight is 318 g/mol. The highest BCUT2D eigenvalue weighted by atomic mass is 32.2. The zero-order chi connectivity index (χ0) is 16.0. The second-order valence-electron chi connectivity index (χ2n) is 4.98. The molecule has 22 heavy (non-hydrogen) atoms. The highest BCUT2D eigenvalue weighted by Crippen LogP contribution is 2.07. The fourth-order valence-corrected chi connectivity index (χ4v) is 2.99. The highest BCUT2D eigenvalue weighted by Gasteiger charge is 2.18. The van der Waals surface area contributed by atoms with Crippen LogP contribution in [-0.2, 0) is 16.4 Å². The van der Waals surface area contributed by atoms with Gasteiger partial charge in [0.25, 0.3) is 10.0 Å². The largest absolute Gasteiger partial charge is 0.335 e. The summed E-state index contributed by atoms with van der Waals surface area (Å²) in [6.45, 7) is 1.82. The summed E-state index contributed by atoms with van der Waals surface area (Å²) >= 11 is 0. The maximum Gasteiger partial charge on any atom is 0.328 e. The maximum absolute atomic E-state index is 12.0. The molecule has 1 unspecified atom stereocenters. The van der Waals surface area contributed by atoms with Gasteiger partial charge < -0.3 is 5.32 Å². The van der Waals surface area contributed by atoms with E-state index in [4.69, 9.17) is 0 Å². The molecule has 5 nitrogen and oxygen atoms in total. The van der Waals surface area contributed by atoms with Crippen molar-refractivity contribution in [1.82, 2.24) is 10.0 Å². The minimum atomic E-state index is -3.84. The van der Waals surface area contributed by atoms with Crippen molar-refractivity contribution in [3.63, 3.8) is 0 Å². The summed E-state index contributed by atoms with van der Waals surface area (Å²) in [4.78, 5) is 11.9. The number of carbonyl (C=O) groups excluding carboxylic acids is 1. The molecule has 2 rings (SSSR count). The van der Waals surface area contributed by atoms with Gasteiger partial charge in [0, 0.05) is 6.04 Å². The number of urea groups is 1.